The second kappa shape index (κ2) is 9.18. The van der Waals surface area contributed by atoms with Gasteiger partial charge in [0, 0.05) is 37.6 Å². The lowest BCUT2D eigenvalue weighted by molar-refractivity contribution is 0.0633. The summed E-state index contributed by atoms with van der Waals surface area (Å²) in [5.41, 5.74) is 2.62. The fourth-order valence-corrected chi connectivity index (χ4v) is 5.50. The quantitative estimate of drug-likeness (QED) is 0.694. The normalized spacial score (nSPS) is 17.5. The number of piperazine rings is 1. The van der Waals surface area contributed by atoms with E-state index in [1.807, 2.05) is 17.0 Å². The van der Waals surface area contributed by atoms with E-state index in [1.165, 1.54) is 35.3 Å². The van der Waals surface area contributed by atoms with Gasteiger partial charge in [-0.15, -0.1) is 11.3 Å². The molecule has 1 fully saturated rings. The Morgan fingerprint density at radius 2 is 1.72 bits per heavy atom. The molecule has 1 aliphatic heterocycles. The molecular formula is C23H30N2O3S. The molecule has 1 aliphatic carbocycles. The van der Waals surface area contributed by atoms with Crippen LogP contribution in [0.15, 0.2) is 24.3 Å². The first-order valence-electron chi connectivity index (χ1n) is 10.5. The number of amides is 1. The average Bonchev–Trinajstić information content (AvgIpc) is 3.04. The molecule has 0 N–H and O–H groups in total. The van der Waals surface area contributed by atoms with E-state index in [0.29, 0.717) is 0 Å². The molecule has 29 heavy (non-hydrogen) atoms. The Morgan fingerprint density at radius 3 is 2.48 bits per heavy atom. The molecule has 2 aliphatic rings. The minimum Gasteiger partial charge on any atom is -0.493 e. The zero-order valence-corrected chi connectivity index (χ0v) is 18.2. The first-order chi connectivity index (χ1) is 14.2. The fraction of sp³-hybridized carbons (Fsp3) is 0.522. The van der Waals surface area contributed by atoms with Gasteiger partial charge < -0.3 is 14.4 Å². The molecular weight excluding hydrogens is 384 g/mol. The van der Waals surface area contributed by atoms with Gasteiger partial charge in [0.25, 0.3) is 5.91 Å². The fourth-order valence-electron chi connectivity index (χ4n) is 4.27. The molecule has 0 bridgehead atoms. The second-order valence-corrected chi connectivity index (χ2v) is 9.01. The van der Waals surface area contributed by atoms with E-state index in [4.69, 9.17) is 9.47 Å². The van der Waals surface area contributed by atoms with Crippen molar-refractivity contribution in [3.05, 3.63) is 45.1 Å². The molecule has 2 aromatic rings. The minimum absolute atomic E-state index is 0.217. The molecule has 0 spiro atoms. The average molecular weight is 415 g/mol. The van der Waals surface area contributed by atoms with Gasteiger partial charge in [0.1, 0.15) is 0 Å². The Balaban J connectivity index is 1.34. The van der Waals surface area contributed by atoms with Crippen LogP contribution in [0.1, 0.15) is 44.9 Å². The highest BCUT2D eigenvalue weighted by Gasteiger charge is 2.25. The number of carbonyl (C=O) groups excluding carboxylic acids is 1. The van der Waals surface area contributed by atoms with E-state index < -0.39 is 0 Å². The third-order valence-electron chi connectivity index (χ3n) is 5.97. The van der Waals surface area contributed by atoms with Crippen molar-refractivity contribution in [1.82, 2.24) is 9.80 Å². The molecule has 0 unspecified atom stereocenters. The maximum absolute atomic E-state index is 13.0. The Kier molecular flexibility index (Phi) is 6.40. The molecule has 0 saturated carbocycles. The highest BCUT2D eigenvalue weighted by Crippen LogP contribution is 2.30. The Hall–Kier alpha value is -2.05. The molecule has 156 valence electrons. The van der Waals surface area contributed by atoms with Gasteiger partial charge in [-0.2, -0.15) is 0 Å². The van der Waals surface area contributed by atoms with Gasteiger partial charge >= 0.3 is 0 Å². The van der Waals surface area contributed by atoms with Crippen LogP contribution >= 0.6 is 11.3 Å². The number of thiophene rings is 1. The lowest BCUT2D eigenvalue weighted by atomic mass is 10.1. The Labute approximate surface area is 177 Å². The summed E-state index contributed by atoms with van der Waals surface area (Å²) >= 11 is 1.73. The number of hydrogen-bond acceptors (Lipinski definition) is 5. The zero-order valence-electron chi connectivity index (χ0n) is 17.4. The van der Waals surface area contributed by atoms with Crippen molar-refractivity contribution in [1.29, 1.82) is 0 Å². The van der Waals surface area contributed by atoms with Gasteiger partial charge in [-0.25, -0.2) is 0 Å². The maximum atomic E-state index is 13.0. The van der Waals surface area contributed by atoms with E-state index in [2.05, 4.69) is 17.0 Å². The van der Waals surface area contributed by atoms with Crippen LogP contribution < -0.4 is 9.47 Å². The molecule has 1 amide bonds. The first kappa shape index (κ1) is 20.2. The predicted octanol–water partition coefficient (Wildman–Crippen LogP) is 3.99. The summed E-state index contributed by atoms with van der Waals surface area (Å²) in [4.78, 5) is 19.8. The third kappa shape index (κ3) is 4.59. The number of nitrogens with zero attached hydrogens (tertiary/aromatic N) is 2. The van der Waals surface area contributed by atoms with Crippen molar-refractivity contribution in [2.75, 3.05) is 40.4 Å². The van der Waals surface area contributed by atoms with Crippen molar-refractivity contribution in [2.45, 2.75) is 38.6 Å². The van der Waals surface area contributed by atoms with Crippen LogP contribution in [0.5, 0.6) is 11.5 Å². The van der Waals surface area contributed by atoms with Crippen LogP contribution in [-0.4, -0.2) is 56.1 Å². The third-order valence-corrected chi connectivity index (χ3v) is 7.20. The maximum Gasteiger partial charge on any atom is 0.264 e. The SMILES string of the molecule is COc1ccc(CN2CCN(C(=O)c3cc4c(s3)CCCCC4)CC2)cc1OC. The number of hydrogen-bond donors (Lipinski definition) is 0. The van der Waals surface area contributed by atoms with Crippen molar-refractivity contribution in [3.8, 4) is 11.5 Å². The standard InChI is InChI=1S/C23H30N2O3S/c1-27-19-9-8-17(14-20(19)28-2)16-24-10-12-25(13-11-24)23(26)22-15-18-6-4-3-5-7-21(18)29-22/h8-9,14-15H,3-7,10-13,16H2,1-2H3. The molecule has 4 rings (SSSR count). The lowest BCUT2D eigenvalue weighted by Crippen LogP contribution is -2.48. The van der Waals surface area contributed by atoms with Gasteiger partial charge in [-0.05, 0) is 55.0 Å². The van der Waals surface area contributed by atoms with Gasteiger partial charge in [0.15, 0.2) is 11.5 Å². The van der Waals surface area contributed by atoms with E-state index in [-0.39, 0.29) is 5.91 Å². The molecule has 0 atom stereocenters. The van der Waals surface area contributed by atoms with Crippen LogP contribution in [0, 0.1) is 0 Å². The van der Waals surface area contributed by atoms with Crippen molar-refractivity contribution in [3.63, 3.8) is 0 Å². The highest BCUT2D eigenvalue weighted by atomic mass is 32.1. The molecule has 1 aromatic heterocycles. The van der Waals surface area contributed by atoms with Crippen LogP contribution in [0.3, 0.4) is 0 Å². The van der Waals surface area contributed by atoms with Gasteiger partial charge in [0.2, 0.25) is 0 Å². The summed E-state index contributed by atoms with van der Waals surface area (Å²) in [7, 11) is 3.31. The van der Waals surface area contributed by atoms with Crippen molar-refractivity contribution >= 4 is 17.2 Å². The van der Waals surface area contributed by atoms with E-state index >= 15 is 0 Å². The van der Waals surface area contributed by atoms with Crippen LogP contribution in [0.4, 0.5) is 0 Å². The second-order valence-electron chi connectivity index (χ2n) is 7.88. The molecule has 5 nitrogen and oxygen atoms in total. The van der Waals surface area contributed by atoms with E-state index in [9.17, 15) is 4.79 Å². The summed E-state index contributed by atoms with van der Waals surface area (Å²) in [6.07, 6.45) is 6.11. The smallest absolute Gasteiger partial charge is 0.264 e. The lowest BCUT2D eigenvalue weighted by Gasteiger charge is -2.34. The topological polar surface area (TPSA) is 42.0 Å². The monoisotopic (exact) mass is 414 g/mol. The Morgan fingerprint density at radius 1 is 0.966 bits per heavy atom. The summed E-state index contributed by atoms with van der Waals surface area (Å²) < 4.78 is 10.7. The van der Waals surface area contributed by atoms with Crippen LogP contribution in [-0.2, 0) is 19.4 Å². The number of methoxy groups -OCH3 is 2. The molecule has 2 heterocycles. The van der Waals surface area contributed by atoms with Gasteiger partial charge in [-0.1, -0.05) is 12.5 Å². The summed E-state index contributed by atoms with van der Waals surface area (Å²) in [6.45, 7) is 4.22. The Bertz CT molecular complexity index is 832. The number of ether oxygens (including phenoxy) is 2. The minimum atomic E-state index is 0.217. The number of fused-ring (bicyclic) bond motifs is 1. The van der Waals surface area contributed by atoms with Gasteiger partial charge in [-0.3, -0.25) is 9.69 Å². The number of rotatable bonds is 5. The summed E-state index contributed by atoms with van der Waals surface area (Å²) in [6, 6.07) is 8.24. The largest absolute Gasteiger partial charge is 0.493 e. The van der Waals surface area contributed by atoms with E-state index in [0.717, 1.165) is 61.9 Å². The van der Waals surface area contributed by atoms with Crippen LogP contribution in [0.2, 0.25) is 0 Å². The van der Waals surface area contributed by atoms with Crippen molar-refractivity contribution < 1.29 is 14.3 Å². The van der Waals surface area contributed by atoms with E-state index in [1.54, 1.807) is 25.6 Å². The highest BCUT2D eigenvalue weighted by molar-refractivity contribution is 7.14. The van der Waals surface area contributed by atoms with Crippen LogP contribution in [0.25, 0.3) is 0 Å². The zero-order chi connectivity index (χ0) is 20.2. The molecule has 1 saturated heterocycles. The van der Waals surface area contributed by atoms with Crippen molar-refractivity contribution in [2.24, 2.45) is 0 Å². The molecule has 0 radical (unpaired) electrons. The summed E-state index contributed by atoms with van der Waals surface area (Å²) in [5.74, 6) is 1.73. The summed E-state index contributed by atoms with van der Waals surface area (Å²) in [5, 5.41) is 0. The number of aryl methyl sites for hydroxylation is 2. The number of carbonyl (C=O) groups is 1. The molecule has 6 heteroatoms. The predicted molar refractivity (Wildman–Crippen MR) is 116 cm³/mol. The first-order valence-corrected chi connectivity index (χ1v) is 11.3. The number of benzene rings is 1. The van der Waals surface area contributed by atoms with Gasteiger partial charge in [0.05, 0.1) is 19.1 Å². The molecule has 1 aromatic carbocycles.